The van der Waals surface area contributed by atoms with Crippen molar-refractivity contribution in [3.63, 3.8) is 0 Å². The highest BCUT2D eigenvalue weighted by Gasteiger charge is 2.35. The molecule has 0 aliphatic heterocycles. The van der Waals surface area contributed by atoms with Crippen molar-refractivity contribution in [1.29, 1.82) is 0 Å². The molecule has 0 unspecified atom stereocenters. The average Bonchev–Trinajstić information content (AvgIpc) is 3.72. The third kappa shape index (κ3) is 4.58. The summed E-state index contributed by atoms with van der Waals surface area (Å²) >= 11 is 0. The van der Waals surface area contributed by atoms with Gasteiger partial charge in [0, 0.05) is 38.4 Å². The Hall–Kier alpha value is -6.98. The number of para-hydroxylation sites is 1. The molecule has 3 aromatic heterocycles. The summed E-state index contributed by atoms with van der Waals surface area (Å²) in [6.07, 6.45) is 0. The van der Waals surface area contributed by atoms with Gasteiger partial charge in [-0.15, -0.1) is 0 Å². The minimum Gasteiger partial charge on any atom is -0.438 e. The lowest BCUT2D eigenvalue weighted by atomic mass is 9.82. The Morgan fingerprint density at radius 3 is 1.91 bits per heavy atom. The SMILES string of the molecule is CC1(C)c2ccccc2-c2ccc(-c3nc(-c4cccc(-c5nc6oc7ccccc7c6c6ccccc56)c4)nc(-c4cccc5ccccc45)n3)cc21. The van der Waals surface area contributed by atoms with E-state index in [1.807, 2.05) is 18.2 Å². The normalized spacial score (nSPS) is 13.1. The Kier molecular flexibility index (Phi) is 6.53. The van der Waals surface area contributed by atoms with Gasteiger partial charge in [-0.25, -0.2) is 19.9 Å². The maximum absolute atomic E-state index is 6.32. The molecular weight excluding hydrogens is 661 g/mol. The molecule has 0 N–H and O–H groups in total. The summed E-state index contributed by atoms with van der Waals surface area (Å²) < 4.78 is 6.32. The van der Waals surface area contributed by atoms with Crippen LogP contribution in [0.2, 0.25) is 0 Å². The Labute approximate surface area is 311 Å². The fourth-order valence-electron chi connectivity index (χ4n) is 8.48. The largest absolute Gasteiger partial charge is 0.438 e. The third-order valence-corrected chi connectivity index (χ3v) is 11.1. The summed E-state index contributed by atoms with van der Waals surface area (Å²) in [7, 11) is 0. The number of benzene rings is 7. The second-order valence-electron chi connectivity index (χ2n) is 14.6. The first-order valence-corrected chi connectivity index (χ1v) is 18.3. The smallest absolute Gasteiger partial charge is 0.228 e. The molecule has 0 saturated carbocycles. The number of rotatable bonds is 4. The fraction of sp³-hybridized carbons (Fsp3) is 0.0612. The molecule has 0 fully saturated rings. The topological polar surface area (TPSA) is 64.7 Å². The van der Waals surface area contributed by atoms with Crippen LogP contribution in [0.3, 0.4) is 0 Å². The number of hydrogen-bond donors (Lipinski definition) is 0. The van der Waals surface area contributed by atoms with E-state index in [0.717, 1.165) is 65.8 Å². The molecule has 0 saturated heterocycles. The molecule has 7 aromatic carbocycles. The standard InChI is InChI=1S/C49H32N4O/c1-49(2)40-23-9-7-18-34(40)35-26-25-32(28-41(35)49)46-51-45(52-47(53-46)38-22-12-14-29-13-3-4-17-33(29)38)31-16-11-15-30(27-31)44-37-20-6-5-19-36(37)43-39-21-8-10-24-42(39)54-48(43)50-44/h3-28H,1-2H3. The minimum atomic E-state index is -0.151. The zero-order valence-electron chi connectivity index (χ0n) is 29.7. The summed E-state index contributed by atoms with van der Waals surface area (Å²) in [4.78, 5) is 20.8. The number of hydrogen-bond acceptors (Lipinski definition) is 5. The maximum atomic E-state index is 6.32. The van der Waals surface area contributed by atoms with Crippen molar-refractivity contribution in [3.8, 4) is 56.5 Å². The Morgan fingerprint density at radius 1 is 0.426 bits per heavy atom. The molecule has 0 radical (unpaired) electrons. The van der Waals surface area contributed by atoms with Crippen LogP contribution < -0.4 is 0 Å². The summed E-state index contributed by atoms with van der Waals surface area (Å²) in [5, 5.41) is 6.49. The van der Waals surface area contributed by atoms with Crippen molar-refractivity contribution in [3.05, 3.63) is 169 Å². The van der Waals surface area contributed by atoms with E-state index in [2.05, 4.69) is 153 Å². The van der Waals surface area contributed by atoms with E-state index in [9.17, 15) is 0 Å². The summed E-state index contributed by atoms with van der Waals surface area (Å²) in [6, 6.07) is 55.0. The van der Waals surface area contributed by atoms with Gasteiger partial charge in [0.1, 0.15) is 5.58 Å². The van der Waals surface area contributed by atoms with Crippen molar-refractivity contribution < 1.29 is 4.42 Å². The molecule has 1 aliphatic rings. The summed E-state index contributed by atoms with van der Waals surface area (Å²) in [6.45, 7) is 4.60. The molecule has 5 heteroatoms. The molecule has 5 nitrogen and oxygen atoms in total. The van der Waals surface area contributed by atoms with E-state index < -0.39 is 0 Å². The van der Waals surface area contributed by atoms with Gasteiger partial charge in [0.2, 0.25) is 5.71 Å². The minimum absolute atomic E-state index is 0.151. The number of pyridine rings is 1. The van der Waals surface area contributed by atoms with Crippen molar-refractivity contribution in [2.24, 2.45) is 0 Å². The van der Waals surface area contributed by atoms with Crippen LogP contribution in [-0.4, -0.2) is 19.9 Å². The highest BCUT2D eigenvalue weighted by Crippen LogP contribution is 2.49. The van der Waals surface area contributed by atoms with Gasteiger partial charge in [0.05, 0.1) is 11.1 Å². The lowest BCUT2D eigenvalue weighted by Gasteiger charge is -2.21. The van der Waals surface area contributed by atoms with E-state index in [1.54, 1.807) is 0 Å². The van der Waals surface area contributed by atoms with Crippen molar-refractivity contribution >= 4 is 43.6 Å². The number of fused-ring (bicyclic) bond motifs is 9. The quantitative estimate of drug-likeness (QED) is 0.184. The molecule has 0 atom stereocenters. The van der Waals surface area contributed by atoms with Gasteiger partial charge in [-0.05, 0) is 56.6 Å². The second kappa shape index (κ2) is 11.5. The van der Waals surface area contributed by atoms with Crippen molar-refractivity contribution in [1.82, 2.24) is 19.9 Å². The highest BCUT2D eigenvalue weighted by atomic mass is 16.3. The molecule has 10 aromatic rings. The summed E-state index contributed by atoms with van der Waals surface area (Å²) in [5.41, 5.74) is 11.1. The van der Waals surface area contributed by atoms with Gasteiger partial charge in [-0.3, -0.25) is 0 Å². The Balaban J connectivity index is 1.11. The van der Waals surface area contributed by atoms with Gasteiger partial charge >= 0.3 is 0 Å². The zero-order valence-corrected chi connectivity index (χ0v) is 29.7. The number of furan rings is 1. The van der Waals surface area contributed by atoms with Crippen LogP contribution >= 0.6 is 0 Å². The van der Waals surface area contributed by atoms with Crippen LogP contribution in [-0.2, 0) is 5.41 Å². The molecule has 3 heterocycles. The van der Waals surface area contributed by atoms with Crippen molar-refractivity contribution in [2.45, 2.75) is 19.3 Å². The van der Waals surface area contributed by atoms with Gasteiger partial charge in [-0.1, -0.05) is 153 Å². The maximum Gasteiger partial charge on any atom is 0.228 e. The van der Waals surface area contributed by atoms with Crippen LogP contribution in [0.5, 0.6) is 0 Å². The molecule has 11 rings (SSSR count). The molecule has 0 spiro atoms. The van der Waals surface area contributed by atoms with Crippen LogP contribution in [0.25, 0.3) is 100 Å². The molecular formula is C49H32N4O. The average molecular weight is 693 g/mol. The van der Waals surface area contributed by atoms with Gasteiger partial charge in [0.25, 0.3) is 0 Å². The molecule has 54 heavy (non-hydrogen) atoms. The van der Waals surface area contributed by atoms with Gasteiger partial charge in [0.15, 0.2) is 17.5 Å². The molecule has 254 valence electrons. The zero-order chi connectivity index (χ0) is 36.0. The Morgan fingerprint density at radius 2 is 1.04 bits per heavy atom. The first kappa shape index (κ1) is 30.6. The monoisotopic (exact) mass is 692 g/mol. The lowest BCUT2D eigenvalue weighted by molar-refractivity contribution is 0.655. The fourth-order valence-corrected chi connectivity index (χ4v) is 8.48. The van der Waals surface area contributed by atoms with E-state index in [-0.39, 0.29) is 5.41 Å². The van der Waals surface area contributed by atoms with E-state index >= 15 is 0 Å². The predicted octanol–water partition coefficient (Wildman–Crippen LogP) is 12.4. The first-order chi connectivity index (χ1) is 26.5. The van der Waals surface area contributed by atoms with E-state index in [0.29, 0.717) is 23.2 Å². The third-order valence-electron chi connectivity index (χ3n) is 11.1. The van der Waals surface area contributed by atoms with E-state index in [1.165, 1.54) is 22.3 Å². The van der Waals surface area contributed by atoms with Crippen LogP contribution in [0.1, 0.15) is 25.0 Å². The van der Waals surface area contributed by atoms with Crippen molar-refractivity contribution in [2.75, 3.05) is 0 Å². The number of aromatic nitrogens is 4. The Bertz CT molecular complexity index is 3150. The van der Waals surface area contributed by atoms with Crippen LogP contribution in [0.15, 0.2) is 162 Å². The highest BCUT2D eigenvalue weighted by molar-refractivity contribution is 6.20. The molecule has 0 amide bonds. The van der Waals surface area contributed by atoms with Gasteiger partial charge < -0.3 is 4.42 Å². The summed E-state index contributed by atoms with van der Waals surface area (Å²) in [5.74, 6) is 1.87. The van der Waals surface area contributed by atoms with Crippen LogP contribution in [0, 0.1) is 0 Å². The van der Waals surface area contributed by atoms with Gasteiger partial charge in [-0.2, -0.15) is 0 Å². The predicted molar refractivity (Wildman–Crippen MR) is 219 cm³/mol. The first-order valence-electron chi connectivity index (χ1n) is 18.3. The molecule has 1 aliphatic carbocycles. The number of nitrogens with zero attached hydrogens (tertiary/aromatic N) is 4. The van der Waals surface area contributed by atoms with Crippen LogP contribution in [0.4, 0.5) is 0 Å². The lowest BCUT2D eigenvalue weighted by Crippen LogP contribution is -2.15. The molecule has 0 bridgehead atoms. The second-order valence-corrected chi connectivity index (χ2v) is 14.6. The van der Waals surface area contributed by atoms with E-state index in [4.69, 9.17) is 24.4 Å².